The largest absolute Gasteiger partial charge is 0.492 e. The SMILES string of the molecule is CCC1(CC)C=C(C(F)(F)F)c2cc(Cl)c(OCCCCc3ccc(O[C@](C)(CC)C(=O)O)cc3)cc2O1. The Labute approximate surface area is 226 Å². The Morgan fingerprint density at radius 2 is 1.74 bits per heavy atom. The molecule has 0 fully saturated rings. The van der Waals surface area contributed by atoms with Crippen LogP contribution in [-0.4, -0.2) is 35.1 Å². The smallest absolute Gasteiger partial charge is 0.416 e. The standard InChI is InChI=1S/C29H34ClF3O5/c1-5-27(4,26(34)35)37-20-13-11-19(12-14-20)10-8-9-15-36-25-17-24-21(16-23(25)30)22(29(31,32)33)18-28(6-2,7-3)38-24/h11-14,16-18H,5-10,15H2,1-4H3,(H,34,35)/t27-/m1/s1. The van der Waals surface area contributed by atoms with Crippen LogP contribution in [0.1, 0.15) is 70.9 Å². The van der Waals surface area contributed by atoms with Gasteiger partial charge in [-0.1, -0.05) is 44.5 Å². The summed E-state index contributed by atoms with van der Waals surface area (Å²) in [5.41, 5.74) is -2.07. The number of carbonyl (C=O) groups is 1. The normalized spacial score (nSPS) is 16.1. The van der Waals surface area contributed by atoms with Crippen LogP contribution >= 0.6 is 11.6 Å². The van der Waals surface area contributed by atoms with Gasteiger partial charge in [-0.05, 0) is 75.3 Å². The quantitative estimate of drug-likeness (QED) is 0.267. The number of ether oxygens (including phenoxy) is 3. The molecular weight excluding hydrogens is 521 g/mol. The zero-order chi connectivity index (χ0) is 28.1. The molecule has 1 N–H and O–H groups in total. The first kappa shape index (κ1) is 29.7. The van der Waals surface area contributed by atoms with Gasteiger partial charge in [-0.2, -0.15) is 13.2 Å². The monoisotopic (exact) mass is 554 g/mol. The van der Waals surface area contributed by atoms with Gasteiger partial charge in [0.05, 0.1) is 17.2 Å². The van der Waals surface area contributed by atoms with Crippen LogP contribution < -0.4 is 14.2 Å². The summed E-state index contributed by atoms with van der Waals surface area (Å²) >= 11 is 6.29. The Morgan fingerprint density at radius 3 is 2.29 bits per heavy atom. The van der Waals surface area contributed by atoms with Gasteiger partial charge < -0.3 is 19.3 Å². The van der Waals surface area contributed by atoms with E-state index in [9.17, 15) is 23.1 Å². The molecule has 1 heterocycles. The van der Waals surface area contributed by atoms with Gasteiger partial charge in [0.1, 0.15) is 22.8 Å². The number of aliphatic carboxylic acids is 1. The van der Waals surface area contributed by atoms with Crippen molar-refractivity contribution >= 4 is 23.1 Å². The Hall–Kier alpha value is -2.87. The van der Waals surface area contributed by atoms with Crippen LogP contribution in [0.2, 0.25) is 5.02 Å². The van der Waals surface area contributed by atoms with Gasteiger partial charge in [0.15, 0.2) is 0 Å². The predicted octanol–water partition coefficient (Wildman–Crippen LogP) is 8.27. The van der Waals surface area contributed by atoms with Crippen molar-refractivity contribution in [2.75, 3.05) is 6.61 Å². The molecule has 0 saturated carbocycles. The molecule has 0 bridgehead atoms. The summed E-state index contributed by atoms with van der Waals surface area (Å²) in [6, 6.07) is 10.0. The zero-order valence-corrected chi connectivity index (χ0v) is 22.8. The molecule has 0 saturated heterocycles. The van der Waals surface area contributed by atoms with Gasteiger partial charge in [0.2, 0.25) is 5.60 Å². The van der Waals surface area contributed by atoms with Crippen molar-refractivity contribution in [2.24, 2.45) is 0 Å². The van der Waals surface area contributed by atoms with E-state index in [2.05, 4.69) is 0 Å². The van der Waals surface area contributed by atoms with Crippen molar-refractivity contribution in [3.8, 4) is 17.2 Å². The molecular formula is C29H34ClF3O5. The third-order valence-corrected chi connectivity index (χ3v) is 7.35. The van der Waals surface area contributed by atoms with Crippen LogP contribution in [0.5, 0.6) is 17.2 Å². The number of alkyl halides is 3. The minimum atomic E-state index is -4.53. The fourth-order valence-electron chi connectivity index (χ4n) is 4.23. The van der Waals surface area contributed by atoms with Crippen LogP contribution in [0.15, 0.2) is 42.5 Å². The highest BCUT2D eigenvalue weighted by Crippen LogP contribution is 2.48. The van der Waals surface area contributed by atoms with Gasteiger partial charge in [0.25, 0.3) is 0 Å². The van der Waals surface area contributed by atoms with Crippen molar-refractivity contribution < 1.29 is 37.3 Å². The molecule has 3 rings (SSSR count). The van der Waals surface area contributed by atoms with Crippen molar-refractivity contribution in [3.05, 3.63) is 58.6 Å². The summed E-state index contributed by atoms with van der Waals surface area (Å²) in [7, 11) is 0. The second-order valence-electron chi connectivity index (χ2n) is 9.65. The lowest BCUT2D eigenvalue weighted by Crippen LogP contribution is -2.40. The van der Waals surface area contributed by atoms with Gasteiger partial charge in [0, 0.05) is 11.6 Å². The number of aryl methyl sites for hydroxylation is 1. The Bertz CT molecular complexity index is 1160. The van der Waals surface area contributed by atoms with Gasteiger partial charge in [-0.15, -0.1) is 0 Å². The van der Waals surface area contributed by atoms with Crippen LogP contribution in [0.25, 0.3) is 5.57 Å². The maximum Gasteiger partial charge on any atom is 0.416 e. The van der Waals surface area contributed by atoms with E-state index in [0.29, 0.717) is 38.0 Å². The summed E-state index contributed by atoms with van der Waals surface area (Å²) < 4.78 is 58.9. The van der Waals surface area contributed by atoms with Crippen molar-refractivity contribution in [1.82, 2.24) is 0 Å². The number of carboxylic acid groups (broad SMARTS) is 1. The second kappa shape index (κ2) is 11.9. The molecule has 1 atom stereocenters. The van der Waals surface area contributed by atoms with E-state index in [0.717, 1.165) is 18.4 Å². The number of allylic oxidation sites excluding steroid dienone is 1. The maximum absolute atomic E-state index is 13.8. The molecule has 9 heteroatoms. The molecule has 0 spiro atoms. The lowest BCUT2D eigenvalue weighted by molar-refractivity contribution is -0.154. The number of benzene rings is 2. The first-order valence-corrected chi connectivity index (χ1v) is 13.2. The molecule has 0 radical (unpaired) electrons. The van der Waals surface area contributed by atoms with Gasteiger partial charge in [-0.25, -0.2) is 4.79 Å². The molecule has 1 aliphatic heterocycles. The van der Waals surface area contributed by atoms with E-state index in [1.807, 2.05) is 12.1 Å². The number of unbranched alkanes of at least 4 members (excludes halogenated alkanes) is 1. The maximum atomic E-state index is 13.8. The lowest BCUT2D eigenvalue weighted by Gasteiger charge is -2.36. The highest BCUT2D eigenvalue weighted by atomic mass is 35.5. The zero-order valence-electron chi connectivity index (χ0n) is 22.1. The number of halogens is 4. The topological polar surface area (TPSA) is 65.0 Å². The highest BCUT2D eigenvalue weighted by molar-refractivity contribution is 6.32. The summed E-state index contributed by atoms with van der Waals surface area (Å²) in [6.07, 6.45) is 0.0256. The second-order valence-corrected chi connectivity index (χ2v) is 10.1. The van der Waals surface area contributed by atoms with E-state index < -0.39 is 28.9 Å². The third kappa shape index (κ3) is 6.76. The number of carboxylic acids is 1. The Morgan fingerprint density at radius 1 is 1.08 bits per heavy atom. The summed E-state index contributed by atoms with van der Waals surface area (Å²) in [5, 5.41) is 9.46. The molecule has 5 nitrogen and oxygen atoms in total. The molecule has 0 aliphatic carbocycles. The Balaban J connectivity index is 1.59. The van der Waals surface area contributed by atoms with E-state index in [1.54, 1.807) is 39.8 Å². The first-order chi connectivity index (χ1) is 17.9. The summed E-state index contributed by atoms with van der Waals surface area (Å²) in [6.45, 7) is 7.23. The number of hydrogen-bond acceptors (Lipinski definition) is 4. The average molecular weight is 555 g/mol. The summed E-state index contributed by atoms with van der Waals surface area (Å²) in [4.78, 5) is 11.4. The molecule has 2 aromatic rings. The predicted molar refractivity (Wildman–Crippen MR) is 141 cm³/mol. The Kier molecular flexibility index (Phi) is 9.29. The van der Waals surface area contributed by atoms with E-state index in [1.165, 1.54) is 18.2 Å². The minimum Gasteiger partial charge on any atom is -0.492 e. The molecule has 2 aromatic carbocycles. The lowest BCUT2D eigenvalue weighted by atomic mass is 9.88. The fraction of sp³-hybridized carbons (Fsp3) is 0.483. The summed E-state index contributed by atoms with van der Waals surface area (Å²) in [5.74, 6) is -0.116. The highest BCUT2D eigenvalue weighted by Gasteiger charge is 2.43. The van der Waals surface area contributed by atoms with Crippen LogP contribution in [0, 0.1) is 0 Å². The van der Waals surface area contributed by atoms with E-state index >= 15 is 0 Å². The number of fused-ring (bicyclic) bond motifs is 1. The van der Waals surface area contributed by atoms with Gasteiger partial charge in [-0.3, -0.25) is 0 Å². The first-order valence-electron chi connectivity index (χ1n) is 12.8. The van der Waals surface area contributed by atoms with Crippen molar-refractivity contribution in [3.63, 3.8) is 0 Å². The van der Waals surface area contributed by atoms with Crippen LogP contribution in [-0.2, 0) is 11.2 Å². The van der Waals surface area contributed by atoms with E-state index in [4.69, 9.17) is 25.8 Å². The molecule has 1 aliphatic rings. The molecule has 0 unspecified atom stereocenters. The minimum absolute atomic E-state index is 0.0811. The fourth-order valence-corrected chi connectivity index (χ4v) is 4.45. The molecule has 38 heavy (non-hydrogen) atoms. The molecule has 0 amide bonds. The number of rotatable bonds is 12. The van der Waals surface area contributed by atoms with Crippen LogP contribution in [0.3, 0.4) is 0 Å². The average Bonchev–Trinajstić information content (AvgIpc) is 2.88. The number of hydrogen-bond donors (Lipinski definition) is 1. The van der Waals surface area contributed by atoms with Crippen molar-refractivity contribution in [2.45, 2.75) is 83.6 Å². The van der Waals surface area contributed by atoms with E-state index in [-0.39, 0.29) is 22.1 Å². The van der Waals surface area contributed by atoms with Crippen molar-refractivity contribution in [1.29, 1.82) is 0 Å². The molecule has 208 valence electrons. The third-order valence-electron chi connectivity index (χ3n) is 7.06. The van der Waals surface area contributed by atoms with Gasteiger partial charge >= 0.3 is 12.1 Å². The molecule has 0 aromatic heterocycles. The van der Waals surface area contributed by atoms with Crippen LogP contribution in [0.4, 0.5) is 13.2 Å².